The molecule has 10 heteroatoms. The number of benzene rings is 2. The zero-order valence-corrected chi connectivity index (χ0v) is 15.3. The molecule has 1 amide bonds. The van der Waals surface area contributed by atoms with Crippen LogP contribution in [0.15, 0.2) is 42.5 Å². The molecule has 0 unspecified atom stereocenters. The first-order chi connectivity index (χ1) is 13.4. The van der Waals surface area contributed by atoms with Gasteiger partial charge in [-0.1, -0.05) is 11.6 Å². The maximum atomic E-state index is 12.1. The molecule has 28 heavy (non-hydrogen) atoms. The van der Waals surface area contributed by atoms with Gasteiger partial charge in [-0.05, 0) is 30.3 Å². The van der Waals surface area contributed by atoms with Crippen molar-refractivity contribution in [3.05, 3.63) is 57.6 Å². The van der Waals surface area contributed by atoms with Gasteiger partial charge in [0.05, 0.1) is 10.6 Å². The van der Waals surface area contributed by atoms with Crippen LogP contribution in [0.5, 0.6) is 11.5 Å². The smallest absolute Gasteiger partial charge is 0.326 e. The van der Waals surface area contributed by atoms with E-state index in [9.17, 15) is 19.7 Å². The Hall–Kier alpha value is -3.33. The van der Waals surface area contributed by atoms with E-state index >= 15 is 0 Å². The zero-order valence-electron chi connectivity index (χ0n) is 14.5. The van der Waals surface area contributed by atoms with Crippen molar-refractivity contribution in [2.75, 3.05) is 31.3 Å². The summed E-state index contributed by atoms with van der Waals surface area (Å²) in [6.07, 6.45) is 0. The van der Waals surface area contributed by atoms with Crippen LogP contribution in [0.3, 0.4) is 0 Å². The highest BCUT2D eigenvalue weighted by atomic mass is 35.5. The van der Waals surface area contributed by atoms with E-state index in [4.69, 9.17) is 25.8 Å². The maximum Gasteiger partial charge on any atom is 0.326 e. The molecule has 0 atom stereocenters. The van der Waals surface area contributed by atoms with Gasteiger partial charge >= 0.3 is 5.97 Å². The second-order valence-corrected chi connectivity index (χ2v) is 6.14. The molecule has 0 aromatic heterocycles. The molecule has 1 aliphatic rings. The molecule has 0 aliphatic carbocycles. The molecule has 2 aromatic rings. The van der Waals surface area contributed by atoms with E-state index in [0.717, 1.165) is 4.90 Å². The zero-order chi connectivity index (χ0) is 20.1. The molecule has 0 spiro atoms. The number of esters is 1. The summed E-state index contributed by atoms with van der Waals surface area (Å²) in [5, 5.41) is 11.5. The Morgan fingerprint density at radius 1 is 1.21 bits per heavy atom. The van der Waals surface area contributed by atoms with Gasteiger partial charge in [-0.3, -0.25) is 24.6 Å². The van der Waals surface area contributed by atoms with Crippen LogP contribution in [-0.2, 0) is 14.3 Å². The molecule has 1 heterocycles. The van der Waals surface area contributed by atoms with Gasteiger partial charge in [0.2, 0.25) is 0 Å². The molecule has 0 bridgehead atoms. The minimum atomic E-state index is -0.674. The number of nitro benzene ring substituents is 1. The number of amides is 1. The number of nitrogens with zero attached hydrogens (tertiary/aromatic N) is 2. The first kappa shape index (κ1) is 19.4. The molecule has 9 nitrogen and oxygen atoms in total. The lowest BCUT2D eigenvalue weighted by molar-refractivity contribution is -0.384. The van der Waals surface area contributed by atoms with Crippen molar-refractivity contribution in [3.8, 4) is 11.5 Å². The van der Waals surface area contributed by atoms with Crippen molar-refractivity contribution in [1.82, 2.24) is 0 Å². The van der Waals surface area contributed by atoms with Gasteiger partial charge in [-0.2, -0.15) is 0 Å². The number of fused-ring (bicyclic) bond motifs is 1. The summed E-state index contributed by atoms with van der Waals surface area (Å²) < 4.78 is 15.7. The Morgan fingerprint density at radius 2 is 1.96 bits per heavy atom. The summed E-state index contributed by atoms with van der Waals surface area (Å²) in [6, 6.07) is 10.5. The Bertz CT molecular complexity index is 901. The minimum absolute atomic E-state index is 0.0260. The van der Waals surface area contributed by atoms with E-state index in [2.05, 4.69) is 0 Å². The Labute approximate surface area is 164 Å². The molecule has 146 valence electrons. The van der Waals surface area contributed by atoms with Crippen LogP contribution in [0.2, 0.25) is 5.02 Å². The molecule has 1 aliphatic heterocycles. The van der Waals surface area contributed by atoms with Gasteiger partial charge in [0.1, 0.15) is 31.3 Å². The monoisotopic (exact) mass is 406 g/mol. The Kier molecular flexibility index (Phi) is 5.95. The second kappa shape index (κ2) is 8.57. The fourth-order valence-corrected chi connectivity index (χ4v) is 2.62. The quantitative estimate of drug-likeness (QED) is 0.301. The molecule has 2 aromatic carbocycles. The SMILES string of the molecule is O=C(CN1C(=O)COc2ccc([N+](=O)[O-])cc21)OCCOc1ccc(Cl)cc1. The number of carbonyl (C=O) groups excluding carboxylic acids is 2. The van der Waals surface area contributed by atoms with E-state index in [1.807, 2.05) is 0 Å². The molecule has 0 saturated carbocycles. The first-order valence-corrected chi connectivity index (χ1v) is 8.57. The van der Waals surface area contributed by atoms with Crippen LogP contribution in [0.25, 0.3) is 0 Å². The van der Waals surface area contributed by atoms with Gasteiger partial charge in [0.15, 0.2) is 6.61 Å². The van der Waals surface area contributed by atoms with Crippen molar-refractivity contribution in [2.24, 2.45) is 0 Å². The van der Waals surface area contributed by atoms with Crippen molar-refractivity contribution in [2.45, 2.75) is 0 Å². The van der Waals surface area contributed by atoms with E-state index < -0.39 is 23.3 Å². The number of hydrogen-bond acceptors (Lipinski definition) is 7. The van der Waals surface area contributed by atoms with Crippen molar-refractivity contribution in [1.29, 1.82) is 0 Å². The molecule has 3 rings (SSSR count). The summed E-state index contributed by atoms with van der Waals surface area (Å²) in [7, 11) is 0. The number of ether oxygens (including phenoxy) is 3. The maximum absolute atomic E-state index is 12.1. The van der Waals surface area contributed by atoms with Gasteiger partial charge < -0.3 is 14.2 Å². The van der Waals surface area contributed by atoms with Crippen LogP contribution < -0.4 is 14.4 Å². The second-order valence-electron chi connectivity index (χ2n) is 5.70. The molecule has 0 saturated heterocycles. The van der Waals surface area contributed by atoms with Gasteiger partial charge in [0.25, 0.3) is 11.6 Å². The third kappa shape index (κ3) is 4.68. The van der Waals surface area contributed by atoms with E-state index in [1.165, 1.54) is 18.2 Å². The average molecular weight is 407 g/mol. The van der Waals surface area contributed by atoms with Crippen LogP contribution in [-0.4, -0.2) is 43.2 Å². The highest BCUT2D eigenvalue weighted by Crippen LogP contribution is 2.35. The third-order valence-corrected chi connectivity index (χ3v) is 4.06. The first-order valence-electron chi connectivity index (χ1n) is 8.19. The number of rotatable bonds is 7. The van der Waals surface area contributed by atoms with Gasteiger partial charge in [-0.25, -0.2) is 0 Å². The summed E-state index contributed by atoms with van der Waals surface area (Å²) in [5.74, 6) is -0.316. The van der Waals surface area contributed by atoms with Crippen molar-refractivity contribution in [3.63, 3.8) is 0 Å². The number of nitro groups is 1. The summed E-state index contributed by atoms with van der Waals surface area (Å²) in [6.45, 7) is -0.566. The normalized spacial score (nSPS) is 12.8. The predicted molar refractivity (Wildman–Crippen MR) is 98.9 cm³/mol. The van der Waals surface area contributed by atoms with Crippen molar-refractivity contribution < 1.29 is 28.7 Å². The molecule has 0 radical (unpaired) electrons. The highest BCUT2D eigenvalue weighted by molar-refractivity contribution is 6.30. The fraction of sp³-hybridized carbons (Fsp3) is 0.222. The van der Waals surface area contributed by atoms with E-state index in [0.29, 0.717) is 10.8 Å². The molecular formula is C18H15ClN2O7. The van der Waals surface area contributed by atoms with Crippen LogP contribution >= 0.6 is 11.6 Å². The largest absolute Gasteiger partial charge is 0.490 e. The molecule has 0 N–H and O–H groups in total. The average Bonchev–Trinajstić information content (AvgIpc) is 2.68. The highest BCUT2D eigenvalue weighted by Gasteiger charge is 2.29. The molecule has 0 fully saturated rings. The summed E-state index contributed by atoms with van der Waals surface area (Å²) in [5.41, 5.74) is -0.0633. The van der Waals surface area contributed by atoms with Crippen LogP contribution in [0, 0.1) is 10.1 Å². The Morgan fingerprint density at radius 3 is 2.68 bits per heavy atom. The lowest BCUT2D eigenvalue weighted by Gasteiger charge is -2.28. The summed E-state index contributed by atoms with van der Waals surface area (Å²) in [4.78, 5) is 35.6. The standard InChI is InChI=1S/C18H15ClN2O7/c19-12-1-4-14(5-2-12)26-7-8-27-18(23)10-20-15-9-13(21(24)25)3-6-16(15)28-11-17(20)22/h1-6,9H,7-8,10-11H2. The predicted octanol–water partition coefficient (Wildman–Crippen LogP) is 2.60. The van der Waals surface area contributed by atoms with Crippen LogP contribution in [0.4, 0.5) is 11.4 Å². The van der Waals surface area contributed by atoms with Crippen LogP contribution in [0.1, 0.15) is 0 Å². The number of hydrogen-bond donors (Lipinski definition) is 0. The topological polar surface area (TPSA) is 108 Å². The van der Waals surface area contributed by atoms with E-state index in [-0.39, 0.29) is 36.9 Å². The lowest BCUT2D eigenvalue weighted by atomic mass is 10.2. The number of halogens is 1. The minimum Gasteiger partial charge on any atom is -0.490 e. The lowest BCUT2D eigenvalue weighted by Crippen LogP contribution is -2.42. The number of anilines is 1. The summed E-state index contributed by atoms with van der Waals surface area (Å²) >= 11 is 5.78. The fourth-order valence-electron chi connectivity index (χ4n) is 2.50. The van der Waals surface area contributed by atoms with E-state index in [1.54, 1.807) is 24.3 Å². The number of non-ortho nitro benzene ring substituents is 1. The third-order valence-electron chi connectivity index (χ3n) is 3.81. The number of carbonyl (C=O) groups is 2. The van der Waals surface area contributed by atoms with Crippen molar-refractivity contribution >= 4 is 34.9 Å². The van der Waals surface area contributed by atoms with Gasteiger partial charge in [0, 0.05) is 17.2 Å². The molecular weight excluding hydrogens is 392 g/mol. The van der Waals surface area contributed by atoms with Gasteiger partial charge in [-0.15, -0.1) is 0 Å². The Balaban J connectivity index is 1.56.